The van der Waals surface area contributed by atoms with Crippen LogP contribution in [0.25, 0.3) is 20.4 Å². The quantitative estimate of drug-likeness (QED) is 0.315. The van der Waals surface area contributed by atoms with Gasteiger partial charge >= 0.3 is 0 Å². The van der Waals surface area contributed by atoms with Gasteiger partial charge in [-0.2, -0.15) is 0 Å². The van der Waals surface area contributed by atoms with Crippen LogP contribution in [-0.2, 0) is 19.3 Å². The minimum Gasteiger partial charge on any atom is -0.242 e. The predicted molar refractivity (Wildman–Crippen MR) is 109 cm³/mol. The lowest BCUT2D eigenvalue weighted by atomic mass is 10.0. The number of rotatable bonds is 6. The third kappa shape index (κ3) is 3.08. The van der Waals surface area contributed by atoms with E-state index in [1.807, 2.05) is 0 Å². The van der Waals surface area contributed by atoms with Crippen molar-refractivity contribution in [3.63, 3.8) is 0 Å². The summed E-state index contributed by atoms with van der Waals surface area (Å²) < 4.78 is 1.19. The molecule has 0 radical (unpaired) electrons. The molecule has 3 aromatic heterocycles. The molecule has 130 valence electrons. The first kappa shape index (κ1) is 17.0. The van der Waals surface area contributed by atoms with Crippen molar-refractivity contribution in [2.24, 2.45) is 0 Å². The fraction of sp³-hybridized carbons (Fsp3) is 0.450. The highest BCUT2D eigenvalue weighted by Crippen LogP contribution is 2.42. The number of unbranched alkanes of at least 4 members (excludes halogenated alkanes) is 1. The molecule has 0 atom stereocenters. The van der Waals surface area contributed by atoms with E-state index in [9.17, 15) is 0 Å². The van der Waals surface area contributed by atoms with Crippen LogP contribution >= 0.6 is 23.1 Å². The van der Waals surface area contributed by atoms with Gasteiger partial charge in [-0.05, 0) is 50.2 Å². The minimum absolute atomic E-state index is 0.896. The monoisotopic (exact) mass is 369 g/mol. The molecule has 0 aromatic carbocycles. The largest absolute Gasteiger partial charge is 0.242 e. The van der Waals surface area contributed by atoms with E-state index in [0.29, 0.717) is 0 Å². The van der Waals surface area contributed by atoms with Gasteiger partial charge in [0.15, 0.2) is 0 Å². The van der Waals surface area contributed by atoms with Crippen molar-refractivity contribution in [1.82, 2.24) is 15.0 Å². The van der Waals surface area contributed by atoms with Crippen molar-refractivity contribution >= 4 is 43.5 Å². The number of aromatic nitrogens is 3. The van der Waals surface area contributed by atoms with Crippen LogP contribution < -0.4 is 0 Å². The Bertz CT molecular complexity index is 959. The third-order valence-electron chi connectivity index (χ3n) is 4.75. The van der Waals surface area contributed by atoms with Gasteiger partial charge in [0.1, 0.15) is 16.2 Å². The average molecular weight is 370 g/mol. The van der Waals surface area contributed by atoms with Crippen molar-refractivity contribution in [3.05, 3.63) is 35.3 Å². The van der Waals surface area contributed by atoms with Crippen LogP contribution in [0.15, 0.2) is 23.5 Å². The van der Waals surface area contributed by atoms with Gasteiger partial charge in [0.05, 0.1) is 10.2 Å². The van der Waals surface area contributed by atoms with Crippen molar-refractivity contribution in [2.45, 2.75) is 57.4 Å². The summed E-state index contributed by atoms with van der Waals surface area (Å²) in [4.78, 5) is 15.4. The van der Waals surface area contributed by atoms with Gasteiger partial charge in [0.25, 0.3) is 0 Å². The van der Waals surface area contributed by atoms with Crippen LogP contribution in [0.4, 0.5) is 0 Å². The van der Waals surface area contributed by atoms with E-state index < -0.39 is 0 Å². The van der Waals surface area contributed by atoms with Crippen LogP contribution in [0.1, 0.15) is 49.9 Å². The first-order valence-electron chi connectivity index (χ1n) is 9.04. The van der Waals surface area contributed by atoms with Crippen molar-refractivity contribution in [3.8, 4) is 0 Å². The molecule has 1 aliphatic rings. The summed E-state index contributed by atoms with van der Waals surface area (Å²) in [5.74, 6) is 0.896. The lowest BCUT2D eigenvalue weighted by Gasteiger charge is -2.08. The maximum Gasteiger partial charge on any atom is 0.126 e. The third-order valence-corrected chi connectivity index (χ3v) is 7.18. The molecule has 0 N–H and O–H groups in total. The number of hydrogen-bond acceptors (Lipinski definition) is 5. The maximum atomic E-state index is 5.08. The summed E-state index contributed by atoms with van der Waals surface area (Å²) in [5.41, 5.74) is 6.62. The molecule has 0 amide bonds. The first-order valence-corrected chi connectivity index (χ1v) is 10.8. The maximum absolute atomic E-state index is 5.08. The van der Waals surface area contributed by atoms with Crippen LogP contribution in [0.2, 0.25) is 0 Å². The second-order valence-electron chi connectivity index (χ2n) is 6.86. The molecule has 0 bridgehead atoms. The van der Waals surface area contributed by atoms with E-state index in [1.54, 1.807) is 29.4 Å². The van der Waals surface area contributed by atoms with Crippen LogP contribution in [-0.4, -0.2) is 20.7 Å². The molecule has 1 aliphatic carbocycles. The summed E-state index contributed by atoms with van der Waals surface area (Å²) >= 11 is 3.52. The average Bonchev–Trinajstić information content (AvgIpc) is 3.21. The molecule has 0 saturated heterocycles. The molecule has 0 unspecified atom stereocenters. The first-order chi connectivity index (χ1) is 12.2. The Morgan fingerprint density at radius 1 is 1.28 bits per heavy atom. The zero-order chi connectivity index (χ0) is 17.4. The van der Waals surface area contributed by atoms with Gasteiger partial charge in [-0.25, -0.2) is 15.0 Å². The Morgan fingerprint density at radius 3 is 2.92 bits per heavy atom. The number of aryl methyl sites for hydroxylation is 2. The summed E-state index contributed by atoms with van der Waals surface area (Å²) in [7, 11) is 0. The molecule has 5 heteroatoms. The number of pyridine rings is 1. The molecule has 0 saturated carbocycles. The molecular formula is C20H23N3S2. The number of thiophene rings is 1. The van der Waals surface area contributed by atoms with Gasteiger partial charge in [-0.1, -0.05) is 25.5 Å². The van der Waals surface area contributed by atoms with E-state index in [4.69, 9.17) is 4.98 Å². The Kier molecular flexibility index (Phi) is 4.78. The van der Waals surface area contributed by atoms with Crippen LogP contribution in [0, 0.1) is 0 Å². The van der Waals surface area contributed by atoms with E-state index >= 15 is 0 Å². The number of nitrogens with zero attached hydrogens (tertiary/aromatic N) is 3. The number of hydrogen-bond donors (Lipinski definition) is 0. The molecule has 4 rings (SSSR count). The Labute approximate surface area is 157 Å². The van der Waals surface area contributed by atoms with Crippen molar-refractivity contribution in [2.75, 3.05) is 5.75 Å². The standard InChI is InChI=1S/C20H23N3S2/c1-4-5-9-15-13-7-6-8-14(13)16-17-18(25-19(16)23-15)20(22-11-21-17)24-10-12(2)3/h11H,2,4-10H2,1,3H3. The highest BCUT2D eigenvalue weighted by molar-refractivity contribution is 7.99. The molecule has 0 aliphatic heterocycles. The van der Waals surface area contributed by atoms with E-state index in [1.165, 1.54) is 58.2 Å². The smallest absolute Gasteiger partial charge is 0.126 e. The van der Waals surface area contributed by atoms with Gasteiger partial charge in [0, 0.05) is 16.8 Å². The van der Waals surface area contributed by atoms with Crippen LogP contribution in [0.5, 0.6) is 0 Å². The van der Waals surface area contributed by atoms with Gasteiger partial charge in [0.2, 0.25) is 0 Å². The Morgan fingerprint density at radius 2 is 2.12 bits per heavy atom. The highest BCUT2D eigenvalue weighted by Gasteiger charge is 2.24. The zero-order valence-electron chi connectivity index (χ0n) is 14.9. The summed E-state index contributed by atoms with van der Waals surface area (Å²) in [5, 5.41) is 2.37. The zero-order valence-corrected chi connectivity index (χ0v) is 16.5. The molecule has 0 spiro atoms. The lowest BCUT2D eigenvalue weighted by molar-refractivity contribution is 0.770. The second kappa shape index (κ2) is 7.04. The topological polar surface area (TPSA) is 38.7 Å². The van der Waals surface area contributed by atoms with Crippen LogP contribution in [0.3, 0.4) is 0 Å². The normalized spacial score (nSPS) is 13.7. The summed E-state index contributed by atoms with van der Waals surface area (Å²) in [6.45, 7) is 8.32. The lowest BCUT2D eigenvalue weighted by Crippen LogP contribution is -1.98. The van der Waals surface area contributed by atoms with Crippen molar-refractivity contribution in [1.29, 1.82) is 0 Å². The Hall–Kier alpha value is -1.46. The molecule has 3 aromatic rings. The summed E-state index contributed by atoms with van der Waals surface area (Å²) in [6.07, 6.45) is 8.83. The summed E-state index contributed by atoms with van der Waals surface area (Å²) in [6, 6.07) is 0. The van der Waals surface area contributed by atoms with Crippen molar-refractivity contribution < 1.29 is 0 Å². The molecule has 3 heterocycles. The molecular weight excluding hydrogens is 346 g/mol. The van der Waals surface area contributed by atoms with Gasteiger partial charge in [-0.15, -0.1) is 23.1 Å². The van der Waals surface area contributed by atoms with E-state index in [-0.39, 0.29) is 0 Å². The van der Waals surface area contributed by atoms with E-state index in [2.05, 4.69) is 30.4 Å². The fourth-order valence-corrected chi connectivity index (χ4v) is 5.70. The highest BCUT2D eigenvalue weighted by atomic mass is 32.2. The van der Waals surface area contributed by atoms with Gasteiger partial charge < -0.3 is 0 Å². The SMILES string of the molecule is C=C(C)CSc1ncnc2c1sc1nc(CCCC)c3c(c12)CCC3. The molecule has 25 heavy (non-hydrogen) atoms. The number of thioether (sulfide) groups is 1. The predicted octanol–water partition coefficient (Wildman–Crippen LogP) is 5.74. The second-order valence-corrected chi connectivity index (χ2v) is 8.82. The minimum atomic E-state index is 0.896. The fourth-order valence-electron chi connectivity index (χ4n) is 3.60. The van der Waals surface area contributed by atoms with E-state index in [0.717, 1.165) is 34.0 Å². The number of fused-ring (bicyclic) bond motifs is 5. The Balaban J connectivity index is 1.90. The molecule has 0 fully saturated rings. The van der Waals surface area contributed by atoms with Gasteiger partial charge in [-0.3, -0.25) is 0 Å². The molecule has 3 nitrogen and oxygen atoms in total.